The van der Waals surface area contributed by atoms with Gasteiger partial charge in [0.1, 0.15) is 6.07 Å². The molecule has 0 fully saturated rings. The number of rotatable bonds is 9. The average molecular weight is 1190 g/mol. The van der Waals surface area contributed by atoms with Gasteiger partial charge in [0.15, 0.2) is 0 Å². The van der Waals surface area contributed by atoms with E-state index in [1.807, 2.05) is 12.4 Å². The van der Waals surface area contributed by atoms with Crippen LogP contribution in [0.5, 0.6) is 0 Å². The van der Waals surface area contributed by atoms with E-state index in [9.17, 15) is 5.26 Å². The van der Waals surface area contributed by atoms with Gasteiger partial charge in [-0.15, -0.1) is 0 Å². The van der Waals surface area contributed by atoms with Gasteiger partial charge in [-0.1, -0.05) is 174 Å². The van der Waals surface area contributed by atoms with Gasteiger partial charge >= 0.3 is 0 Å². The van der Waals surface area contributed by atoms with Crippen LogP contribution in [0.4, 0.5) is 0 Å². The van der Waals surface area contributed by atoms with Gasteiger partial charge in [0.25, 0.3) is 0 Å². The van der Waals surface area contributed by atoms with E-state index in [1.54, 1.807) is 0 Å². The van der Waals surface area contributed by atoms with Crippen LogP contribution < -0.4 is 0 Å². The quantitative estimate of drug-likeness (QED) is 0.145. The first-order valence-electron chi connectivity index (χ1n) is 31.8. The molecule has 0 aliphatic rings. The van der Waals surface area contributed by atoms with Crippen LogP contribution in [-0.2, 0) is 0 Å². The van der Waals surface area contributed by atoms with E-state index in [0.29, 0.717) is 5.56 Å². The molecule has 18 rings (SSSR count). The molecule has 0 N–H and O–H groups in total. The van der Waals surface area contributed by atoms with Crippen LogP contribution in [0.1, 0.15) is 22.3 Å². The fourth-order valence-corrected chi connectivity index (χ4v) is 15.2. The first-order chi connectivity index (χ1) is 45.8. The van der Waals surface area contributed by atoms with E-state index in [0.717, 1.165) is 123 Å². The molecule has 0 bridgehead atoms. The Labute approximate surface area is 537 Å². The van der Waals surface area contributed by atoms with Gasteiger partial charge < -0.3 is 18.3 Å². The van der Waals surface area contributed by atoms with E-state index in [1.165, 1.54) is 59.8 Å². The summed E-state index contributed by atoms with van der Waals surface area (Å²) in [5.41, 5.74) is 26.9. The molecule has 18 aromatic rings. The van der Waals surface area contributed by atoms with Crippen molar-refractivity contribution in [2.24, 2.45) is 0 Å². The summed E-state index contributed by atoms with van der Waals surface area (Å²) in [5, 5.41) is 22.1. The van der Waals surface area contributed by atoms with Crippen molar-refractivity contribution in [3.8, 4) is 84.5 Å². The monoisotopic (exact) mass is 1190 g/mol. The van der Waals surface area contributed by atoms with Crippen LogP contribution in [0.25, 0.3) is 166 Å². The van der Waals surface area contributed by atoms with E-state index < -0.39 is 0 Å². The summed E-state index contributed by atoms with van der Waals surface area (Å²) in [6.45, 7) is 6.48. The summed E-state index contributed by atoms with van der Waals surface area (Å²) in [5.74, 6) is 0. The second-order valence-corrected chi connectivity index (χ2v) is 24.8. The molecule has 0 saturated heterocycles. The van der Waals surface area contributed by atoms with Crippen molar-refractivity contribution < 1.29 is 0 Å². The van der Waals surface area contributed by atoms with Crippen molar-refractivity contribution in [2.45, 2.75) is 20.8 Å². The Bertz CT molecular complexity index is 6060. The number of aromatic nitrogens is 5. The third-order valence-corrected chi connectivity index (χ3v) is 19.3. The summed E-state index contributed by atoms with van der Waals surface area (Å²) in [6.07, 6.45) is 3.69. The predicted molar refractivity (Wildman–Crippen MR) is 388 cm³/mol. The molecule has 0 amide bonds. The number of nitriles is 1. The number of benzene rings is 13. The van der Waals surface area contributed by atoms with Crippen LogP contribution in [0.2, 0.25) is 0 Å². The third-order valence-electron chi connectivity index (χ3n) is 19.3. The second-order valence-electron chi connectivity index (χ2n) is 24.8. The zero-order chi connectivity index (χ0) is 62.0. The number of hydrogen-bond donors (Lipinski definition) is 0. The SMILES string of the molecule is Cc1ccc2c(c1)c1ccccc1n2-c1ccc(-c2c(C#N)c(-c3ccncc3)c(-c3ccc(-n4c5ccccc5c5cc(C)ccc54)cc3)c(-c3ccc(-n4c5ccccc5c5ccccc54)cc3)c2-c2ccc(-n3c4ccccc4c4cc(C)ccc43)cc2)cc1. The number of nitrogens with zero attached hydrogens (tertiary/aromatic N) is 6. The van der Waals surface area contributed by atoms with Crippen LogP contribution in [0.15, 0.2) is 298 Å². The second kappa shape index (κ2) is 21.2. The lowest BCUT2D eigenvalue weighted by atomic mass is 9.76. The molecule has 5 aromatic heterocycles. The lowest BCUT2D eigenvalue weighted by Gasteiger charge is -2.26. The molecular weight excluding hydrogens is 1130 g/mol. The maximum absolute atomic E-state index is 12.4. The highest BCUT2D eigenvalue weighted by Gasteiger charge is 2.30. The smallest absolute Gasteiger partial charge is 0.100 e. The molecule has 13 aromatic carbocycles. The molecule has 0 radical (unpaired) electrons. The number of fused-ring (bicyclic) bond motifs is 12. The Morgan fingerprint density at radius 1 is 0.247 bits per heavy atom. The molecule has 5 heterocycles. The highest BCUT2D eigenvalue weighted by molar-refractivity contribution is 6.15. The molecule has 0 aliphatic heterocycles. The Balaban J connectivity index is 0.937. The van der Waals surface area contributed by atoms with Crippen molar-refractivity contribution >= 4 is 87.2 Å². The van der Waals surface area contributed by atoms with E-state index in [-0.39, 0.29) is 0 Å². The predicted octanol–water partition coefficient (Wildman–Crippen LogP) is 22.6. The van der Waals surface area contributed by atoms with Crippen molar-refractivity contribution in [3.05, 3.63) is 320 Å². The Hall–Kier alpha value is -12.3. The highest BCUT2D eigenvalue weighted by atomic mass is 15.0. The largest absolute Gasteiger partial charge is 0.309 e. The molecule has 0 spiro atoms. The minimum absolute atomic E-state index is 0.570. The molecule has 436 valence electrons. The van der Waals surface area contributed by atoms with Crippen molar-refractivity contribution in [1.29, 1.82) is 5.26 Å². The van der Waals surface area contributed by atoms with Gasteiger partial charge in [-0.2, -0.15) is 5.26 Å². The lowest BCUT2D eigenvalue weighted by Crippen LogP contribution is -2.03. The average Bonchev–Trinajstić information content (AvgIpc) is 1.48. The van der Waals surface area contributed by atoms with E-state index in [2.05, 4.69) is 335 Å². The van der Waals surface area contributed by atoms with Gasteiger partial charge in [-0.05, 0) is 193 Å². The fourth-order valence-electron chi connectivity index (χ4n) is 15.2. The van der Waals surface area contributed by atoms with Crippen LogP contribution in [-0.4, -0.2) is 23.3 Å². The Morgan fingerprint density at radius 2 is 0.484 bits per heavy atom. The lowest BCUT2D eigenvalue weighted by molar-refractivity contribution is 1.18. The number of para-hydroxylation sites is 5. The van der Waals surface area contributed by atoms with Gasteiger partial charge in [-0.3, -0.25) is 4.98 Å². The van der Waals surface area contributed by atoms with E-state index >= 15 is 0 Å². The molecule has 0 unspecified atom stereocenters. The molecular formula is C87H58N6. The third kappa shape index (κ3) is 8.37. The first kappa shape index (κ1) is 53.7. The maximum Gasteiger partial charge on any atom is 0.100 e. The van der Waals surface area contributed by atoms with Gasteiger partial charge in [-0.25, -0.2) is 0 Å². The molecule has 93 heavy (non-hydrogen) atoms. The summed E-state index contributed by atoms with van der Waals surface area (Å²) < 4.78 is 9.52. The van der Waals surface area contributed by atoms with Gasteiger partial charge in [0.05, 0.1) is 49.7 Å². The minimum atomic E-state index is 0.570. The standard InChI is InChI=1S/C87H58N6/c1-54-24-43-80-71(50-54)68-16-6-11-21-77(68)91(80)63-35-27-57(28-36-63)83-74(53-88)84(61-46-48-89-49-47-61)86(59-31-39-65(40-32-59)93-79-23-13-8-18-70(79)73-52-56(3)26-45-82(73)93)87(60-33-41-62(42-34-60)90-75-19-9-4-14-66(75)67-15-5-10-20-76(67)90)85(83)58-29-37-64(38-30-58)92-78-22-12-7-17-69(78)72-51-55(2)25-44-81(72)92/h4-52H,1-3H3. The highest BCUT2D eigenvalue weighted by Crippen LogP contribution is 2.54. The number of hydrogen-bond acceptors (Lipinski definition) is 2. The molecule has 0 saturated carbocycles. The Morgan fingerprint density at radius 3 is 0.774 bits per heavy atom. The summed E-state index contributed by atoms with van der Waals surface area (Å²) in [4.78, 5) is 4.59. The summed E-state index contributed by atoms with van der Waals surface area (Å²) in [6, 6.07) is 107. The summed E-state index contributed by atoms with van der Waals surface area (Å²) in [7, 11) is 0. The van der Waals surface area contributed by atoms with E-state index in [4.69, 9.17) is 0 Å². The molecule has 0 atom stereocenters. The number of pyridine rings is 1. The normalized spacial score (nSPS) is 11.8. The van der Waals surface area contributed by atoms with Crippen LogP contribution >= 0.6 is 0 Å². The molecule has 0 aliphatic carbocycles. The molecule has 6 heteroatoms. The topological polar surface area (TPSA) is 56.4 Å². The van der Waals surface area contributed by atoms with Crippen molar-refractivity contribution in [1.82, 2.24) is 23.3 Å². The minimum Gasteiger partial charge on any atom is -0.309 e. The van der Waals surface area contributed by atoms with Crippen LogP contribution in [0, 0.1) is 32.1 Å². The van der Waals surface area contributed by atoms with Crippen molar-refractivity contribution in [3.63, 3.8) is 0 Å². The zero-order valence-corrected chi connectivity index (χ0v) is 51.5. The van der Waals surface area contributed by atoms with Gasteiger partial charge in [0, 0.05) is 89.4 Å². The van der Waals surface area contributed by atoms with Crippen molar-refractivity contribution in [2.75, 3.05) is 0 Å². The van der Waals surface area contributed by atoms with Gasteiger partial charge in [0.2, 0.25) is 0 Å². The number of aryl methyl sites for hydroxylation is 3. The molecule has 6 nitrogen and oxygen atoms in total. The van der Waals surface area contributed by atoms with Crippen LogP contribution in [0.3, 0.4) is 0 Å². The fraction of sp³-hybridized carbons (Fsp3) is 0.0345. The Kier molecular flexibility index (Phi) is 12.2. The maximum atomic E-state index is 12.4. The first-order valence-corrected chi connectivity index (χ1v) is 31.8. The summed E-state index contributed by atoms with van der Waals surface area (Å²) >= 11 is 0. The zero-order valence-electron chi connectivity index (χ0n) is 51.5.